The van der Waals surface area contributed by atoms with E-state index in [2.05, 4.69) is 121 Å². The number of hydrogen-bond donors (Lipinski definition) is 0. The third-order valence-corrected chi connectivity index (χ3v) is 6.69. The molecular weight excluding hydrogens is 419 g/mol. The van der Waals surface area contributed by atoms with E-state index in [4.69, 9.17) is 7.58 Å². The van der Waals surface area contributed by atoms with Crippen molar-refractivity contribution in [1.29, 1.82) is 0 Å². The molecule has 0 unspecified atom stereocenters. The summed E-state index contributed by atoms with van der Waals surface area (Å²) in [5.41, 5.74) is 7.48. The second-order valence-electron chi connectivity index (χ2n) is 13.7. The summed E-state index contributed by atoms with van der Waals surface area (Å²) >= 11 is -0.722. The van der Waals surface area contributed by atoms with Crippen LogP contribution in [0.2, 0.25) is 0 Å². The van der Waals surface area contributed by atoms with Gasteiger partial charge in [0.1, 0.15) is 0 Å². The summed E-state index contributed by atoms with van der Waals surface area (Å²) in [5.74, 6) is 2.00. The van der Waals surface area contributed by atoms with E-state index in [0.717, 1.165) is 11.5 Å². The molecule has 0 bridgehead atoms. The van der Waals surface area contributed by atoms with Crippen LogP contribution in [0.1, 0.15) is 116 Å². The Hall–Kier alpha value is -1.43. The predicted molar refractivity (Wildman–Crippen MR) is 144 cm³/mol. The fraction of sp³-hybridized carbons (Fsp3) is 0.600. The quantitative estimate of drug-likeness (QED) is 0.421. The van der Waals surface area contributed by atoms with Gasteiger partial charge in [0.2, 0.25) is 0 Å². The van der Waals surface area contributed by atoms with Crippen molar-refractivity contribution in [3.05, 3.63) is 57.6 Å². The van der Waals surface area contributed by atoms with Gasteiger partial charge in [-0.3, -0.25) is 0 Å². The van der Waals surface area contributed by atoms with E-state index in [1.54, 1.807) is 0 Å². The summed E-state index contributed by atoms with van der Waals surface area (Å²) in [7, 11) is 0. The summed E-state index contributed by atoms with van der Waals surface area (Å²) < 4.78 is 13.2. The number of benzene rings is 2. The summed E-state index contributed by atoms with van der Waals surface area (Å²) in [4.78, 5) is 0. The van der Waals surface area contributed by atoms with E-state index in [9.17, 15) is 0 Å². The van der Waals surface area contributed by atoms with Crippen LogP contribution in [0.5, 0.6) is 11.5 Å². The topological polar surface area (TPSA) is 18.5 Å². The van der Waals surface area contributed by atoms with Gasteiger partial charge in [0.05, 0.1) is 0 Å². The van der Waals surface area contributed by atoms with Gasteiger partial charge in [-0.2, -0.15) is 0 Å². The van der Waals surface area contributed by atoms with Crippen LogP contribution >= 0.6 is 0 Å². The van der Waals surface area contributed by atoms with Gasteiger partial charge in [-0.15, -0.1) is 0 Å². The summed E-state index contributed by atoms with van der Waals surface area (Å²) in [6.07, 6.45) is 0. The molecule has 2 rings (SSSR count). The van der Waals surface area contributed by atoms with Crippen LogP contribution in [0.15, 0.2) is 24.3 Å². The molecule has 0 atom stereocenters. The average molecular weight is 466 g/mol. The van der Waals surface area contributed by atoms with Gasteiger partial charge in [-0.1, -0.05) is 0 Å². The zero-order valence-electron chi connectivity index (χ0n) is 23.7. The van der Waals surface area contributed by atoms with Crippen molar-refractivity contribution in [2.24, 2.45) is 0 Å². The van der Waals surface area contributed by atoms with Crippen molar-refractivity contribution < 1.29 is 7.58 Å². The molecule has 0 aliphatic carbocycles. The van der Waals surface area contributed by atoms with Gasteiger partial charge < -0.3 is 0 Å². The number of aryl methyl sites for hydroxylation is 2. The molecule has 0 aliphatic rings. The Morgan fingerprint density at radius 3 is 0.848 bits per heavy atom. The van der Waals surface area contributed by atoms with Gasteiger partial charge in [-0.05, 0) is 0 Å². The fourth-order valence-corrected chi connectivity index (χ4v) is 4.90. The van der Waals surface area contributed by atoms with Gasteiger partial charge in [-0.25, -0.2) is 0 Å². The Balaban J connectivity index is 2.56. The van der Waals surface area contributed by atoms with Crippen LogP contribution in [0.4, 0.5) is 0 Å². The molecule has 0 fully saturated rings. The standard InChI is InChI=1S/2C15H24O.Al/c2*1-10-8-11(14(2,3)4)13(16)12(9-10)15(5,6)7;/h2*8-9,16H,1-7H3;/q;;+3/p-2. The minimum atomic E-state index is -0.722. The van der Waals surface area contributed by atoms with Crippen LogP contribution in [-0.2, 0) is 21.7 Å². The first-order valence-corrected chi connectivity index (χ1v) is 13.1. The first-order valence-electron chi connectivity index (χ1n) is 12.2. The van der Waals surface area contributed by atoms with Gasteiger partial charge in [0.25, 0.3) is 0 Å². The van der Waals surface area contributed by atoms with E-state index in [0.29, 0.717) is 0 Å². The SMILES string of the molecule is Cc1cc(C(C)(C)C)c([O][Al+][O]c2c(C(C)(C)C)cc(C)cc2C(C)(C)C)c(C(C)(C)C)c1. The van der Waals surface area contributed by atoms with Crippen molar-refractivity contribution in [2.75, 3.05) is 0 Å². The van der Waals surface area contributed by atoms with Crippen LogP contribution in [0.25, 0.3) is 0 Å². The predicted octanol–water partition coefficient (Wildman–Crippen LogP) is 8.49. The van der Waals surface area contributed by atoms with Gasteiger partial charge in [0, 0.05) is 0 Å². The van der Waals surface area contributed by atoms with Crippen LogP contribution in [-0.4, -0.2) is 15.9 Å². The maximum absolute atomic E-state index is 6.61. The molecule has 2 aromatic rings. The molecule has 33 heavy (non-hydrogen) atoms. The van der Waals surface area contributed by atoms with Crippen LogP contribution < -0.4 is 7.58 Å². The second kappa shape index (κ2) is 9.32. The number of hydrogen-bond acceptors (Lipinski definition) is 2. The molecule has 180 valence electrons. The zero-order valence-corrected chi connectivity index (χ0v) is 24.9. The number of rotatable bonds is 4. The van der Waals surface area contributed by atoms with Crippen molar-refractivity contribution in [1.82, 2.24) is 0 Å². The molecule has 0 N–H and O–H groups in total. The van der Waals surface area contributed by atoms with E-state index < -0.39 is 15.9 Å². The molecule has 3 heteroatoms. The summed E-state index contributed by atoms with van der Waals surface area (Å²) in [6.45, 7) is 31.4. The molecule has 0 amide bonds. The van der Waals surface area contributed by atoms with Gasteiger partial charge in [0.15, 0.2) is 0 Å². The molecule has 2 nitrogen and oxygen atoms in total. The van der Waals surface area contributed by atoms with Crippen molar-refractivity contribution >= 4 is 15.9 Å². The van der Waals surface area contributed by atoms with E-state index >= 15 is 0 Å². The van der Waals surface area contributed by atoms with Crippen LogP contribution in [0.3, 0.4) is 0 Å². The monoisotopic (exact) mass is 465 g/mol. The molecule has 0 saturated carbocycles. The molecule has 0 saturated heterocycles. The van der Waals surface area contributed by atoms with E-state index in [-0.39, 0.29) is 21.7 Å². The van der Waals surface area contributed by atoms with E-state index in [1.165, 1.54) is 33.4 Å². The Bertz CT molecular complexity index is 838. The molecule has 0 spiro atoms. The maximum atomic E-state index is 6.61. The minimum absolute atomic E-state index is 0.0161. The van der Waals surface area contributed by atoms with Crippen molar-refractivity contribution in [2.45, 2.75) is 119 Å². The molecule has 0 radical (unpaired) electrons. The van der Waals surface area contributed by atoms with Crippen molar-refractivity contribution in [3.63, 3.8) is 0 Å². The zero-order chi connectivity index (χ0) is 25.6. The third kappa shape index (κ3) is 6.80. The van der Waals surface area contributed by atoms with E-state index in [1.807, 2.05) is 0 Å². The molecule has 0 heterocycles. The first kappa shape index (κ1) is 27.8. The Labute approximate surface area is 210 Å². The molecular formula is C30H46AlO2+. The van der Waals surface area contributed by atoms with Crippen LogP contribution in [0, 0.1) is 13.8 Å². The summed E-state index contributed by atoms with van der Waals surface area (Å²) in [6, 6.07) is 9.10. The first-order chi connectivity index (χ1) is 14.7. The molecule has 0 aromatic heterocycles. The Morgan fingerprint density at radius 2 is 0.667 bits per heavy atom. The molecule has 0 aliphatic heterocycles. The fourth-order valence-electron chi connectivity index (χ4n) is 4.15. The summed E-state index contributed by atoms with van der Waals surface area (Å²) in [5, 5.41) is 0. The average Bonchev–Trinajstić information content (AvgIpc) is 2.59. The normalized spacial score (nSPS) is 13.0. The Kier molecular flexibility index (Phi) is 7.85. The Morgan fingerprint density at radius 1 is 0.455 bits per heavy atom. The third-order valence-electron chi connectivity index (χ3n) is 6.03. The second-order valence-corrected chi connectivity index (χ2v) is 14.4. The van der Waals surface area contributed by atoms with Crippen molar-refractivity contribution in [3.8, 4) is 11.5 Å². The van der Waals surface area contributed by atoms with Gasteiger partial charge >= 0.3 is 211 Å². The molecule has 2 aromatic carbocycles.